The minimum Gasteiger partial charge on any atom is -0.477 e. The van der Waals surface area contributed by atoms with E-state index in [1.165, 1.54) is 23.8 Å². The van der Waals surface area contributed by atoms with Crippen LogP contribution in [-0.2, 0) is 25.8 Å². The number of fused-ring (bicyclic) bond motifs is 1. The largest absolute Gasteiger partial charge is 0.477 e. The molecule has 2 aliphatic rings. The molecule has 1 saturated heterocycles. The minimum absolute atomic E-state index is 0.101. The Hall–Kier alpha value is -3.91. The third-order valence-electron chi connectivity index (χ3n) is 5.17. The van der Waals surface area contributed by atoms with Crippen LogP contribution in [0.5, 0.6) is 0 Å². The molecule has 4 rings (SSSR count). The van der Waals surface area contributed by atoms with Gasteiger partial charge >= 0.3 is 5.97 Å². The number of carbonyl (C=O) groups excluding carboxylic acids is 2. The molecule has 0 spiro atoms. The summed E-state index contributed by atoms with van der Waals surface area (Å²) in [6.45, 7) is 0.477. The van der Waals surface area contributed by atoms with Gasteiger partial charge in [0.25, 0.3) is 11.8 Å². The topological polar surface area (TPSA) is 177 Å². The molecular weight excluding hydrogens is 494 g/mol. The van der Waals surface area contributed by atoms with E-state index >= 15 is 0 Å². The molecule has 2 aromatic rings. The van der Waals surface area contributed by atoms with Gasteiger partial charge in [0, 0.05) is 17.2 Å². The standard InChI is InChI=1S/C21H21N7O5S2/c1-33-26-14(13-10-35-21(23)24-13)17(29)25-15-18(30)28-16(20(31)32)11(9-34-19(15)28)4-2-6-27-7-3-5-12(22)8-27/h2-5,7-8,10,15,19H,6,9,22H2,1H3,(H3-,23,24,25,29,31,32)/p+1/b4-2+,26-14-/t15?,19-/m1/s1. The average molecular weight is 517 g/mol. The number of rotatable bonds is 8. The lowest BCUT2D eigenvalue weighted by molar-refractivity contribution is -0.686. The van der Waals surface area contributed by atoms with E-state index in [1.54, 1.807) is 29.8 Å². The van der Waals surface area contributed by atoms with E-state index in [2.05, 4.69) is 15.5 Å². The van der Waals surface area contributed by atoms with E-state index in [-0.39, 0.29) is 22.2 Å². The highest BCUT2D eigenvalue weighted by Crippen LogP contribution is 2.40. The molecule has 2 aromatic heterocycles. The van der Waals surface area contributed by atoms with Crippen molar-refractivity contribution in [1.82, 2.24) is 15.2 Å². The number of amides is 2. The van der Waals surface area contributed by atoms with Crippen molar-refractivity contribution in [1.29, 1.82) is 0 Å². The predicted molar refractivity (Wildman–Crippen MR) is 130 cm³/mol. The van der Waals surface area contributed by atoms with E-state index in [4.69, 9.17) is 16.3 Å². The van der Waals surface area contributed by atoms with Gasteiger partial charge in [-0.1, -0.05) is 11.2 Å². The molecule has 182 valence electrons. The number of nitrogen functional groups attached to an aromatic ring is 2. The lowest BCUT2D eigenvalue weighted by atomic mass is 10.0. The van der Waals surface area contributed by atoms with Gasteiger partial charge in [0.2, 0.25) is 0 Å². The zero-order valence-corrected chi connectivity index (χ0v) is 20.1. The Balaban J connectivity index is 1.49. The van der Waals surface area contributed by atoms with Gasteiger partial charge in [-0.15, -0.1) is 23.1 Å². The van der Waals surface area contributed by atoms with Gasteiger partial charge in [-0.05, 0) is 17.7 Å². The fraction of sp³-hybridized carbons (Fsp3) is 0.238. The van der Waals surface area contributed by atoms with Gasteiger partial charge in [0.05, 0.1) is 5.69 Å². The van der Waals surface area contributed by atoms with Crippen molar-refractivity contribution in [2.24, 2.45) is 5.16 Å². The smallest absolute Gasteiger partial charge is 0.352 e. The van der Waals surface area contributed by atoms with Crippen LogP contribution in [0.1, 0.15) is 5.69 Å². The third-order valence-corrected chi connectivity index (χ3v) is 7.14. The number of carboxylic acids is 1. The number of nitrogens with two attached hydrogens (primary N) is 2. The quantitative estimate of drug-likeness (QED) is 0.162. The van der Waals surface area contributed by atoms with E-state index in [9.17, 15) is 19.5 Å². The van der Waals surface area contributed by atoms with Crippen molar-refractivity contribution in [3.63, 3.8) is 0 Å². The second-order valence-corrected chi connectivity index (χ2v) is 9.46. The number of hydrogen-bond donors (Lipinski definition) is 4. The maximum absolute atomic E-state index is 12.9. The number of aromatic nitrogens is 2. The number of aliphatic carboxylic acids is 1. The van der Waals surface area contributed by atoms with Crippen LogP contribution in [0.4, 0.5) is 10.8 Å². The summed E-state index contributed by atoms with van der Waals surface area (Å²) in [4.78, 5) is 47.7. The highest BCUT2D eigenvalue weighted by molar-refractivity contribution is 8.00. The number of pyridine rings is 1. The maximum atomic E-state index is 12.9. The number of thioether (sulfide) groups is 1. The molecule has 12 nitrogen and oxygen atoms in total. The molecule has 0 aliphatic carbocycles. The van der Waals surface area contributed by atoms with Gasteiger partial charge in [0.15, 0.2) is 29.8 Å². The Morgan fingerprint density at radius 1 is 1.46 bits per heavy atom. The Kier molecular flexibility index (Phi) is 7.02. The summed E-state index contributed by atoms with van der Waals surface area (Å²) >= 11 is 2.48. The van der Waals surface area contributed by atoms with E-state index in [0.717, 1.165) is 11.3 Å². The van der Waals surface area contributed by atoms with Crippen molar-refractivity contribution in [3.8, 4) is 0 Å². The number of β-lactam (4-membered cyclic amide) rings is 1. The second-order valence-electron chi connectivity index (χ2n) is 7.47. The highest BCUT2D eigenvalue weighted by atomic mass is 32.2. The second kappa shape index (κ2) is 10.1. The molecule has 14 heteroatoms. The van der Waals surface area contributed by atoms with Gasteiger partial charge < -0.3 is 26.7 Å². The first-order valence-corrected chi connectivity index (χ1v) is 12.2. The summed E-state index contributed by atoms with van der Waals surface area (Å²) in [6, 6.07) is 2.66. The Morgan fingerprint density at radius 3 is 2.91 bits per heavy atom. The first-order valence-electron chi connectivity index (χ1n) is 10.3. The summed E-state index contributed by atoms with van der Waals surface area (Å²) in [5, 5.41) is 17.4. The molecule has 0 aromatic carbocycles. The van der Waals surface area contributed by atoms with Crippen molar-refractivity contribution < 1.29 is 28.9 Å². The first-order chi connectivity index (χ1) is 16.8. The molecule has 6 N–H and O–H groups in total. The molecule has 1 fully saturated rings. The third kappa shape index (κ3) is 4.97. The van der Waals surface area contributed by atoms with Crippen molar-refractivity contribution >= 4 is 57.4 Å². The van der Waals surface area contributed by atoms with E-state index in [1.807, 2.05) is 16.8 Å². The zero-order valence-electron chi connectivity index (χ0n) is 18.5. The van der Waals surface area contributed by atoms with Crippen LogP contribution in [0.3, 0.4) is 0 Å². The summed E-state index contributed by atoms with van der Waals surface area (Å²) in [6.07, 6.45) is 7.09. The fourth-order valence-electron chi connectivity index (χ4n) is 3.65. The maximum Gasteiger partial charge on any atom is 0.352 e. The van der Waals surface area contributed by atoms with E-state index in [0.29, 0.717) is 23.6 Å². The van der Waals surface area contributed by atoms with Crippen LogP contribution < -0.4 is 21.4 Å². The Bertz CT molecular complexity index is 1270. The van der Waals surface area contributed by atoms with Gasteiger partial charge in [-0.2, -0.15) is 4.57 Å². The molecule has 2 aliphatic heterocycles. The number of allylic oxidation sites excluding steroid dienone is 2. The number of nitrogens with one attached hydrogen (secondary N) is 1. The van der Waals surface area contributed by atoms with Crippen molar-refractivity contribution in [2.45, 2.75) is 18.0 Å². The van der Waals surface area contributed by atoms with Crippen LogP contribution in [-0.4, -0.2) is 62.8 Å². The molecule has 4 heterocycles. The van der Waals surface area contributed by atoms with Gasteiger partial charge in [0.1, 0.15) is 29.9 Å². The monoisotopic (exact) mass is 516 g/mol. The van der Waals surface area contributed by atoms with Gasteiger partial charge in [-0.3, -0.25) is 14.5 Å². The molecule has 1 unspecified atom stereocenters. The number of carboxylic acid groups (broad SMARTS) is 1. The minimum atomic E-state index is -1.22. The predicted octanol–water partition coefficient (Wildman–Crippen LogP) is -0.0595. The molecule has 0 bridgehead atoms. The summed E-state index contributed by atoms with van der Waals surface area (Å²) in [5.74, 6) is -2.08. The lowest BCUT2D eigenvalue weighted by Gasteiger charge is -2.49. The molecular formula is C21H22N7O5S2+. The van der Waals surface area contributed by atoms with Crippen LogP contribution in [0, 0.1) is 0 Å². The summed E-state index contributed by atoms with van der Waals surface area (Å²) in [5.41, 5.74) is 12.5. The normalized spacial score (nSPS) is 20.0. The SMILES string of the molecule is CO/N=C(\C(=O)NC1C(=O)N2C(C(=O)O)=C(/C=C/C[n+]3cccc(N)c3)CS[C@H]12)c1csc(N)n1. The zero-order chi connectivity index (χ0) is 25.1. The number of carbonyl (C=O) groups is 3. The van der Waals surface area contributed by atoms with Gasteiger partial charge in [-0.25, -0.2) is 9.78 Å². The van der Waals surface area contributed by atoms with Crippen molar-refractivity contribution in [2.75, 3.05) is 24.3 Å². The first kappa shape index (κ1) is 24.2. The number of anilines is 2. The Labute approximate surface area is 207 Å². The molecule has 2 atom stereocenters. The molecule has 0 radical (unpaired) electrons. The summed E-state index contributed by atoms with van der Waals surface area (Å²) < 4.78 is 1.85. The van der Waals surface area contributed by atoms with Crippen LogP contribution in [0.25, 0.3) is 0 Å². The van der Waals surface area contributed by atoms with Crippen LogP contribution in [0.15, 0.2) is 58.5 Å². The van der Waals surface area contributed by atoms with Crippen LogP contribution in [0.2, 0.25) is 0 Å². The summed E-state index contributed by atoms with van der Waals surface area (Å²) in [7, 11) is 1.28. The fourth-order valence-corrected chi connectivity index (χ4v) is 5.51. The van der Waals surface area contributed by atoms with E-state index < -0.39 is 29.2 Å². The molecule has 2 amide bonds. The number of nitrogens with zero attached hydrogens (tertiary/aromatic N) is 4. The Morgan fingerprint density at radius 2 is 2.26 bits per heavy atom. The number of oxime groups is 1. The molecule has 35 heavy (non-hydrogen) atoms. The van der Waals surface area contributed by atoms with Crippen LogP contribution >= 0.6 is 23.1 Å². The van der Waals surface area contributed by atoms with Crippen molar-refractivity contribution in [3.05, 3.63) is 59.0 Å². The number of hydrogen-bond acceptors (Lipinski definition) is 10. The highest BCUT2D eigenvalue weighted by Gasteiger charge is 2.54. The molecule has 0 saturated carbocycles. The number of thiazole rings is 1. The lowest BCUT2D eigenvalue weighted by Crippen LogP contribution is -2.71. The average Bonchev–Trinajstić information content (AvgIpc) is 3.26.